The highest BCUT2D eigenvalue weighted by atomic mass is 35.5. The van der Waals surface area contributed by atoms with Crippen LogP contribution in [0.3, 0.4) is 0 Å². The van der Waals surface area contributed by atoms with Crippen molar-refractivity contribution in [3.63, 3.8) is 0 Å². The minimum atomic E-state index is -0.516. The first kappa shape index (κ1) is 22.3. The minimum absolute atomic E-state index is 0. The molecule has 3 unspecified atom stereocenters. The molecule has 30 heavy (non-hydrogen) atoms. The zero-order valence-corrected chi connectivity index (χ0v) is 18.0. The molecule has 0 radical (unpaired) electrons. The molecule has 2 saturated heterocycles. The van der Waals surface area contributed by atoms with Crippen molar-refractivity contribution in [2.75, 3.05) is 31.1 Å². The quantitative estimate of drug-likeness (QED) is 0.778. The third-order valence-corrected chi connectivity index (χ3v) is 5.68. The Labute approximate surface area is 183 Å². The Hall–Kier alpha value is -2.40. The lowest BCUT2D eigenvalue weighted by Gasteiger charge is -2.38. The van der Waals surface area contributed by atoms with Gasteiger partial charge in [-0.05, 0) is 63.5 Å². The molecule has 0 spiro atoms. The summed E-state index contributed by atoms with van der Waals surface area (Å²) in [4.78, 5) is 19.5. The molecule has 0 saturated carbocycles. The van der Waals surface area contributed by atoms with Gasteiger partial charge < -0.3 is 20.3 Å². The summed E-state index contributed by atoms with van der Waals surface area (Å²) in [6.45, 7) is 5.11. The zero-order valence-electron chi connectivity index (χ0n) is 17.1. The molecule has 2 fully saturated rings. The van der Waals surface area contributed by atoms with E-state index in [2.05, 4.69) is 26.6 Å². The van der Waals surface area contributed by atoms with Gasteiger partial charge in [-0.2, -0.15) is 5.26 Å². The second kappa shape index (κ2) is 10.1. The van der Waals surface area contributed by atoms with Crippen molar-refractivity contribution in [3.05, 3.63) is 36.0 Å². The van der Waals surface area contributed by atoms with Crippen LogP contribution < -0.4 is 15.5 Å². The molecule has 8 heteroatoms. The number of ether oxygens (including phenoxy) is 1. The number of carbonyl (C=O) groups excluding carboxylic acids is 1. The van der Waals surface area contributed by atoms with E-state index < -0.39 is 6.10 Å². The predicted molar refractivity (Wildman–Crippen MR) is 119 cm³/mol. The maximum Gasteiger partial charge on any atom is 0.251 e. The Morgan fingerprint density at radius 3 is 3.00 bits per heavy atom. The van der Waals surface area contributed by atoms with Crippen molar-refractivity contribution in [3.8, 4) is 6.07 Å². The summed E-state index contributed by atoms with van der Waals surface area (Å²) in [5.41, 5.74) is 2.24. The van der Waals surface area contributed by atoms with Crippen molar-refractivity contribution in [1.82, 2.24) is 15.6 Å². The van der Waals surface area contributed by atoms with Crippen molar-refractivity contribution >= 4 is 34.9 Å². The van der Waals surface area contributed by atoms with Gasteiger partial charge in [-0.1, -0.05) is 0 Å². The highest BCUT2D eigenvalue weighted by molar-refractivity contribution is 5.95. The fourth-order valence-electron chi connectivity index (χ4n) is 4.27. The number of nitrogens with zero attached hydrogens (tertiary/aromatic N) is 3. The first-order valence-corrected chi connectivity index (χ1v) is 10.3. The van der Waals surface area contributed by atoms with E-state index in [1.807, 2.05) is 25.1 Å². The third kappa shape index (κ3) is 4.84. The molecule has 0 bridgehead atoms. The number of aromatic nitrogens is 1. The number of hydrogen-bond donors (Lipinski definition) is 2. The van der Waals surface area contributed by atoms with Crippen LogP contribution in [0.2, 0.25) is 0 Å². The topological polar surface area (TPSA) is 90.3 Å². The summed E-state index contributed by atoms with van der Waals surface area (Å²) in [5.74, 6) is -0.0375. The Balaban J connectivity index is 0.00000256. The number of nitriles is 1. The van der Waals surface area contributed by atoms with Crippen LogP contribution in [0.4, 0.5) is 5.69 Å². The van der Waals surface area contributed by atoms with Gasteiger partial charge in [0.2, 0.25) is 0 Å². The Morgan fingerprint density at radius 2 is 2.17 bits per heavy atom. The number of rotatable bonds is 3. The number of pyridine rings is 1. The number of carbonyl (C=O) groups is 1. The molecule has 1 aromatic heterocycles. The van der Waals surface area contributed by atoms with E-state index >= 15 is 0 Å². The van der Waals surface area contributed by atoms with Crippen molar-refractivity contribution in [2.45, 2.75) is 44.4 Å². The molecule has 160 valence electrons. The van der Waals surface area contributed by atoms with E-state index in [1.165, 1.54) is 0 Å². The van der Waals surface area contributed by atoms with Crippen molar-refractivity contribution < 1.29 is 9.53 Å². The van der Waals surface area contributed by atoms with Crippen LogP contribution in [-0.4, -0.2) is 55.3 Å². The predicted octanol–water partition coefficient (Wildman–Crippen LogP) is 2.38. The molecule has 3 heterocycles. The molecular formula is C22H28ClN5O2. The second-order valence-corrected chi connectivity index (χ2v) is 7.87. The van der Waals surface area contributed by atoms with Gasteiger partial charge in [0.05, 0.1) is 23.7 Å². The molecule has 1 aromatic carbocycles. The SMILES string of the molecule is CC1CN(c2ccc(C#N)c3ncccc23)CC(C(=O)NC2CCCNCC2)O1.Cl. The number of amides is 1. The molecular weight excluding hydrogens is 402 g/mol. The summed E-state index contributed by atoms with van der Waals surface area (Å²) in [5, 5.41) is 16.9. The lowest BCUT2D eigenvalue weighted by Crippen LogP contribution is -2.54. The van der Waals surface area contributed by atoms with E-state index in [9.17, 15) is 10.1 Å². The van der Waals surface area contributed by atoms with Gasteiger partial charge in [-0.25, -0.2) is 0 Å². The van der Waals surface area contributed by atoms with E-state index in [-0.39, 0.29) is 30.5 Å². The number of halogens is 1. The summed E-state index contributed by atoms with van der Waals surface area (Å²) in [7, 11) is 0. The smallest absolute Gasteiger partial charge is 0.251 e. The fraction of sp³-hybridized carbons (Fsp3) is 0.500. The van der Waals surface area contributed by atoms with Crippen LogP contribution in [0, 0.1) is 11.3 Å². The van der Waals surface area contributed by atoms with Gasteiger partial charge in [0.25, 0.3) is 5.91 Å². The third-order valence-electron chi connectivity index (χ3n) is 5.68. The van der Waals surface area contributed by atoms with Crippen molar-refractivity contribution in [1.29, 1.82) is 5.26 Å². The molecule has 2 aliphatic heterocycles. The number of fused-ring (bicyclic) bond motifs is 1. The first-order chi connectivity index (χ1) is 14.2. The number of anilines is 1. The standard InChI is InChI=1S/C22H27N5O2.ClH/c1-15-13-27(19-7-6-16(12-23)21-18(19)5-3-10-25-21)14-20(29-15)22(28)26-17-4-2-9-24-11-8-17;/h3,5-7,10,15,17,20,24H,2,4,8-9,11,13-14H2,1H3,(H,26,28);1H. The summed E-state index contributed by atoms with van der Waals surface area (Å²) >= 11 is 0. The average molecular weight is 430 g/mol. The Bertz CT molecular complexity index is 923. The number of morpholine rings is 1. The first-order valence-electron chi connectivity index (χ1n) is 10.3. The molecule has 0 aliphatic carbocycles. The summed E-state index contributed by atoms with van der Waals surface area (Å²) in [6.07, 6.45) is 4.13. The van der Waals surface area contributed by atoms with E-state index in [1.54, 1.807) is 12.3 Å². The highest BCUT2D eigenvalue weighted by Crippen LogP contribution is 2.30. The van der Waals surface area contributed by atoms with E-state index in [4.69, 9.17) is 4.74 Å². The van der Waals surface area contributed by atoms with Crippen LogP contribution in [0.5, 0.6) is 0 Å². The summed E-state index contributed by atoms with van der Waals surface area (Å²) < 4.78 is 5.99. The lowest BCUT2D eigenvalue weighted by atomic mass is 10.1. The molecule has 4 rings (SSSR count). The molecule has 2 aromatic rings. The van der Waals surface area contributed by atoms with Gasteiger partial charge in [0.1, 0.15) is 6.07 Å². The molecule has 3 atom stereocenters. The lowest BCUT2D eigenvalue weighted by molar-refractivity contribution is -0.138. The van der Waals surface area contributed by atoms with Crippen LogP contribution in [0.25, 0.3) is 10.9 Å². The minimum Gasteiger partial charge on any atom is -0.365 e. The summed E-state index contributed by atoms with van der Waals surface area (Å²) in [6, 6.07) is 10.0. The monoisotopic (exact) mass is 429 g/mol. The highest BCUT2D eigenvalue weighted by Gasteiger charge is 2.32. The molecule has 2 N–H and O–H groups in total. The normalized spacial score (nSPS) is 24.4. The van der Waals surface area contributed by atoms with Gasteiger partial charge in [-0.15, -0.1) is 12.4 Å². The largest absolute Gasteiger partial charge is 0.365 e. The van der Waals surface area contributed by atoms with Crippen LogP contribution >= 0.6 is 12.4 Å². The zero-order chi connectivity index (χ0) is 20.2. The molecule has 2 aliphatic rings. The average Bonchev–Trinajstić information content (AvgIpc) is 3.01. The Kier molecular flexibility index (Phi) is 7.48. The van der Waals surface area contributed by atoms with Gasteiger partial charge in [0, 0.05) is 29.9 Å². The second-order valence-electron chi connectivity index (χ2n) is 7.87. The number of hydrogen-bond acceptors (Lipinski definition) is 6. The fourth-order valence-corrected chi connectivity index (χ4v) is 4.27. The van der Waals surface area contributed by atoms with Gasteiger partial charge in [0.15, 0.2) is 6.10 Å². The molecule has 1 amide bonds. The van der Waals surface area contributed by atoms with Gasteiger partial charge in [-0.3, -0.25) is 9.78 Å². The van der Waals surface area contributed by atoms with Crippen molar-refractivity contribution in [2.24, 2.45) is 0 Å². The van der Waals surface area contributed by atoms with E-state index in [0.717, 1.165) is 43.4 Å². The molecule has 7 nitrogen and oxygen atoms in total. The van der Waals surface area contributed by atoms with E-state index in [0.29, 0.717) is 24.2 Å². The Morgan fingerprint density at radius 1 is 1.30 bits per heavy atom. The maximum atomic E-state index is 12.9. The van der Waals surface area contributed by atoms with Crippen LogP contribution in [0.15, 0.2) is 30.5 Å². The number of nitrogens with one attached hydrogen (secondary N) is 2. The van der Waals surface area contributed by atoms with Crippen LogP contribution in [-0.2, 0) is 9.53 Å². The van der Waals surface area contributed by atoms with Crippen LogP contribution in [0.1, 0.15) is 31.7 Å². The maximum absolute atomic E-state index is 12.9. The number of benzene rings is 1. The van der Waals surface area contributed by atoms with Gasteiger partial charge >= 0.3 is 0 Å².